The molecule has 3 rings (SSSR count). The standard InChI is InChI=1S/C23H24ClN3O5/c1-3-25(4-2)12-13-26-20(16-6-5-7-18(14-16)27(31)32)19(22(29)23(26)30)21(28)15-8-10-17(24)11-9-15/h5-11,14,19-20H,3-4,12-13H2,1-2H3. The first-order valence-corrected chi connectivity index (χ1v) is 10.8. The third kappa shape index (κ3) is 4.71. The number of Topliss-reactive ketones (excluding diaryl/α,β-unsaturated/α-hetero) is 2. The van der Waals surface area contributed by atoms with Crippen LogP contribution in [-0.4, -0.2) is 58.4 Å². The fourth-order valence-corrected chi connectivity index (χ4v) is 4.13. The first-order valence-electron chi connectivity index (χ1n) is 10.4. The number of carbonyl (C=O) groups excluding carboxylic acids is 3. The zero-order chi connectivity index (χ0) is 23.4. The average Bonchev–Trinajstić information content (AvgIpc) is 3.04. The van der Waals surface area contributed by atoms with Gasteiger partial charge in [-0.15, -0.1) is 0 Å². The first-order chi connectivity index (χ1) is 15.3. The van der Waals surface area contributed by atoms with Crippen molar-refractivity contribution in [3.05, 3.63) is 74.8 Å². The third-order valence-corrected chi connectivity index (χ3v) is 6.04. The van der Waals surface area contributed by atoms with Crippen molar-refractivity contribution in [3.63, 3.8) is 0 Å². The van der Waals surface area contributed by atoms with E-state index in [1.54, 1.807) is 6.07 Å². The van der Waals surface area contributed by atoms with Gasteiger partial charge in [-0.25, -0.2) is 0 Å². The van der Waals surface area contributed by atoms with Crippen molar-refractivity contribution in [3.8, 4) is 0 Å². The zero-order valence-corrected chi connectivity index (χ0v) is 18.6. The maximum atomic E-state index is 13.3. The van der Waals surface area contributed by atoms with E-state index < -0.39 is 34.4 Å². The number of nitro benzene ring substituents is 1. The van der Waals surface area contributed by atoms with Gasteiger partial charge in [-0.3, -0.25) is 24.5 Å². The topological polar surface area (TPSA) is 101 Å². The van der Waals surface area contributed by atoms with E-state index in [9.17, 15) is 24.5 Å². The summed E-state index contributed by atoms with van der Waals surface area (Å²) >= 11 is 5.91. The summed E-state index contributed by atoms with van der Waals surface area (Å²) in [6, 6.07) is 10.9. The third-order valence-electron chi connectivity index (χ3n) is 5.79. The van der Waals surface area contributed by atoms with Gasteiger partial charge in [-0.2, -0.15) is 0 Å². The van der Waals surface area contributed by atoms with Crippen LogP contribution in [0.4, 0.5) is 5.69 Å². The molecule has 2 unspecified atom stereocenters. The molecular weight excluding hydrogens is 434 g/mol. The number of halogens is 1. The molecule has 2 atom stereocenters. The first kappa shape index (κ1) is 23.6. The monoisotopic (exact) mass is 457 g/mol. The van der Waals surface area contributed by atoms with E-state index in [0.29, 0.717) is 17.1 Å². The molecule has 0 saturated carbocycles. The highest BCUT2D eigenvalue weighted by Crippen LogP contribution is 2.39. The molecule has 2 aromatic carbocycles. The molecule has 1 amide bonds. The van der Waals surface area contributed by atoms with E-state index in [1.165, 1.54) is 47.4 Å². The Hall–Kier alpha value is -3.10. The van der Waals surface area contributed by atoms with Gasteiger partial charge in [0.15, 0.2) is 5.78 Å². The molecule has 1 aliphatic heterocycles. The maximum absolute atomic E-state index is 13.3. The highest BCUT2D eigenvalue weighted by atomic mass is 35.5. The van der Waals surface area contributed by atoms with Crippen LogP contribution in [0.2, 0.25) is 5.02 Å². The van der Waals surface area contributed by atoms with Crippen LogP contribution in [0.3, 0.4) is 0 Å². The quantitative estimate of drug-likeness (QED) is 0.188. The van der Waals surface area contributed by atoms with E-state index in [-0.39, 0.29) is 17.8 Å². The van der Waals surface area contributed by atoms with Crippen LogP contribution in [0.25, 0.3) is 0 Å². The molecule has 168 valence electrons. The van der Waals surface area contributed by atoms with Crippen LogP contribution < -0.4 is 0 Å². The average molecular weight is 458 g/mol. The smallest absolute Gasteiger partial charge is 0.291 e. The molecule has 0 aromatic heterocycles. The van der Waals surface area contributed by atoms with Gasteiger partial charge in [0.2, 0.25) is 5.78 Å². The summed E-state index contributed by atoms with van der Waals surface area (Å²) in [5.74, 6) is -3.36. The Morgan fingerprint density at radius 3 is 2.38 bits per heavy atom. The number of nitro groups is 1. The Morgan fingerprint density at radius 1 is 1.12 bits per heavy atom. The summed E-state index contributed by atoms with van der Waals surface area (Å²) in [6.07, 6.45) is 0. The Kier molecular flexibility index (Phi) is 7.37. The van der Waals surface area contributed by atoms with Crippen LogP contribution >= 0.6 is 11.6 Å². The molecule has 1 saturated heterocycles. The normalized spacial score (nSPS) is 18.4. The number of hydrogen-bond acceptors (Lipinski definition) is 6. The number of likely N-dealkylation sites (N-methyl/N-ethyl adjacent to an activating group) is 1. The van der Waals surface area contributed by atoms with Crippen molar-refractivity contribution in [1.29, 1.82) is 0 Å². The molecule has 9 heteroatoms. The van der Waals surface area contributed by atoms with Crippen molar-refractivity contribution in [2.45, 2.75) is 19.9 Å². The lowest BCUT2D eigenvalue weighted by Crippen LogP contribution is -2.38. The highest BCUT2D eigenvalue weighted by molar-refractivity contribution is 6.44. The molecule has 0 spiro atoms. The highest BCUT2D eigenvalue weighted by Gasteiger charge is 2.51. The van der Waals surface area contributed by atoms with E-state index in [2.05, 4.69) is 4.90 Å². The molecule has 32 heavy (non-hydrogen) atoms. The summed E-state index contributed by atoms with van der Waals surface area (Å²) < 4.78 is 0. The number of hydrogen-bond donors (Lipinski definition) is 0. The predicted molar refractivity (Wildman–Crippen MR) is 120 cm³/mol. The van der Waals surface area contributed by atoms with Crippen molar-refractivity contribution in [1.82, 2.24) is 9.80 Å². The molecule has 1 heterocycles. The largest absolute Gasteiger partial charge is 0.327 e. The lowest BCUT2D eigenvalue weighted by Gasteiger charge is -2.29. The molecular formula is C23H24ClN3O5. The predicted octanol–water partition coefficient (Wildman–Crippen LogP) is 3.54. The van der Waals surface area contributed by atoms with Crippen LogP contribution in [0, 0.1) is 16.0 Å². The number of likely N-dealkylation sites (tertiary alicyclic amines) is 1. The summed E-state index contributed by atoms with van der Waals surface area (Å²) in [4.78, 5) is 53.5. The van der Waals surface area contributed by atoms with Crippen LogP contribution in [0.1, 0.15) is 35.8 Å². The van der Waals surface area contributed by atoms with Gasteiger partial charge in [0, 0.05) is 35.8 Å². The SMILES string of the molecule is CCN(CC)CCN1C(=O)C(=O)C(C(=O)c2ccc(Cl)cc2)C1c1cccc([N+](=O)[O-])c1. The molecule has 0 radical (unpaired) electrons. The number of ketones is 2. The molecule has 0 N–H and O–H groups in total. The summed E-state index contributed by atoms with van der Waals surface area (Å²) in [6.45, 7) is 6.25. The maximum Gasteiger partial charge on any atom is 0.291 e. The Balaban J connectivity index is 2.05. The van der Waals surface area contributed by atoms with Crippen molar-refractivity contribution >= 4 is 34.8 Å². The van der Waals surface area contributed by atoms with E-state index in [1.807, 2.05) is 13.8 Å². The van der Waals surface area contributed by atoms with Crippen LogP contribution in [-0.2, 0) is 9.59 Å². The molecule has 8 nitrogen and oxygen atoms in total. The minimum absolute atomic E-state index is 0.171. The number of nitrogens with zero attached hydrogens (tertiary/aromatic N) is 3. The Morgan fingerprint density at radius 2 is 1.78 bits per heavy atom. The Labute approximate surface area is 190 Å². The number of non-ortho nitro benzene ring substituents is 1. The van der Waals surface area contributed by atoms with Gasteiger partial charge in [-0.05, 0) is 42.9 Å². The van der Waals surface area contributed by atoms with E-state index >= 15 is 0 Å². The van der Waals surface area contributed by atoms with Gasteiger partial charge in [0.05, 0.1) is 11.0 Å². The number of benzene rings is 2. The summed E-state index contributed by atoms with van der Waals surface area (Å²) in [7, 11) is 0. The van der Waals surface area contributed by atoms with E-state index in [4.69, 9.17) is 11.6 Å². The summed E-state index contributed by atoms with van der Waals surface area (Å²) in [5, 5.41) is 11.7. The molecule has 0 bridgehead atoms. The van der Waals surface area contributed by atoms with Crippen molar-refractivity contribution < 1.29 is 19.3 Å². The van der Waals surface area contributed by atoms with Crippen LogP contribution in [0.15, 0.2) is 48.5 Å². The van der Waals surface area contributed by atoms with Gasteiger partial charge >= 0.3 is 0 Å². The fourth-order valence-electron chi connectivity index (χ4n) is 4.00. The number of rotatable bonds is 9. The second-order valence-electron chi connectivity index (χ2n) is 7.54. The zero-order valence-electron chi connectivity index (χ0n) is 17.9. The van der Waals surface area contributed by atoms with Gasteiger partial charge in [0.25, 0.3) is 11.6 Å². The molecule has 1 fully saturated rings. The fraction of sp³-hybridized carbons (Fsp3) is 0.348. The van der Waals surface area contributed by atoms with E-state index in [0.717, 1.165) is 13.1 Å². The summed E-state index contributed by atoms with van der Waals surface area (Å²) in [5.41, 5.74) is 0.461. The van der Waals surface area contributed by atoms with Crippen molar-refractivity contribution in [2.75, 3.05) is 26.2 Å². The Bertz CT molecular complexity index is 1040. The number of amides is 1. The van der Waals surface area contributed by atoms with Gasteiger partial charge in [-0.1, -0.05) is 37.6 Å². The van der Waals surface area contributed by atoms with Crippen molar-refractivity contribution in [2.24, 2.45) is 5.92 Å². The molecule has 2 aromatic rings. The van der Waals surface area contributed by atoms with Crippen LogP contribution in [0.5, 0.6) is 0 Å². The lowest BCUT2D eigenvalue weighted by molar-refractivity contribution is -0.385. The number of carbonyl (C=O) groups is 3. The second-order valence-corrected chi connectivity index (χ2v) is 7.97. The van der Waals surface area contributed by atoms with Gasteiger partial charge in [0.1, 0.15) is 5.92 Å². The second kappa shape index (κ2) is 10.0. The minimum Gasteiger partial charge on any atom is -0.327 e. The minimum atomic E-state index is -1.29. The molecule has 0 aliphatic carbocycles. The van der Waals surface area contributed by atoms with Gasteiger partial charge < -0.3 is 9.80 Å². The lowest BCUT2D eigenvalue weighted by atomic mass is 9.86. The molecule has 1 aliphatic rings.